The van der Waals surface area contributed by atoms with E-state index in [1.165, 1.54) is 0 Å². The lowest BCUT2D eigenvalue weighted by Crippen LogP contribution is -2.18. The molecule has 174 valence electrons. The number of benzene rings is 1. The summed E-state index contributed by atoms with van der Waals surface area (Å²) >= 11 is 0. The van der Waals surface area contributed by atoms with Crippen LogP contribution in [0.15, 0.2) is 36.4 Å². The van der Waals surface area contributed by atoms with Crippen molar-refractivity contribution in [3.8, 4) is 0 Å². The van der Waals surface area contributed by atoms with E-state index >= 15 is 0 Å². The highest BCUT2D eigenvalue weighted by Gasteiger charge is 2.24. The average Bonchev–Trinajstić information content (AvgIpc) is 3.48. The molecule has 1 fully saturated rings. The molecule has 1 atom stereocenters. The summed E-state index contributed by atoms with van der Waals surface area (Å²) in [6, 6.07) is 11.8. The summed E-state index contributed by atoms with van der Waals surface area (Å²) in [6.07, 6.45) is 2.30. The van der Waals surface area contributed by atoms with Gasteiger partial charge in [-0.05, 0) is 52.2 Å². The first-order valence-corrected chi connectivity index (χ1v) is 11.4. The number of rotatable bonds is 8. The van der Waals surface area contributed by atoms with Crippen LogP contribution in [-0.4, -0.2) is 45.4 Å². The van der Waals surface area contributed by atoms with Crippen molar-refractivity contribution in [2.75, 3.05) is 13.2 Å². The number of nitrogens with zero attached hydrogens (tertiary/aromatic N) is 3. The number of Topliss-reactive ketones (excluding diaryl/α,β-unsaturated/α-hetero) is 1. The molecule has 0 bridgehead atoms. The lowest BCUT2D eigenvalue weighted by Gasteiger charge is -2.14. The first-order valence-electron chi connectivity index (χ1n) is 11.4. The van der Waals surface area contributed by atoms with E-state index in [-0.39, 0.29) is 18.5 Å². The van der Waals surface area contributed by atoms with Crippen LogP contribution in [0.5, 0.6) is 0 Å². The zero-order valence-electron chi connectivity index (χ0n) is 19.8. The summed E-state index contributed by atoms with van der Waals surface area (Å²) in [5.74, 6) is -0.729. The highest BCUT2D eigenvalue weighted by molar-refractivity contribution is 6.00. The molecule has 7 heteroatoms. The van der Waals surface area contributed by atoms with E-state index in [4.69, 9.17) is 9.47 Å². The van der Waals surface area contributed by atoms with E-state index < -0.39 is 5.97 Å². The van der Waals surface area contributed by atoms with Crippen molar-refractivity contribution in [3.63, 3.8) is 0 Å². The maximum Gasteiger partial charge on any atom is 0.342 e. The Balaban J connectivity index is 1.42. The molecular weight excluding hydrogens is 418 g/mol. The highest BCUT2D eigenvalue weighted by atomic mass is 16.5. The van der Waals surface area contributed by atoms with Gasteiger partial charge in [-0.15, -0.1) is 0 Å². The molecule has 0 aliphatic carbocycles. The summed E-state index contributed by atoms with van der Waals surface area (Å²) in [4.78, 5) is 25.7. The topological polar surface area (TPSA) is 75.4 Å². The Morgan fingerprint density at radius 2 is 1.88 bits per heavy atom. The number of carbonyl (C=O) groups excluding carboxylic acids is 2. The average molecular weight is 450 g/mol. The fraction of sp³-hybridized carbons (Fsp3) is 0.423. The fourth-order valence-electron chi connectivity index (χ4n) is 4.54. The maximum absolute atomic E-state index is 12.9. The monoisotopic (exact) mass is 449 g/mol. The summed E-state index contributed by atoms with van der Waals surface area (Å²) in [7, 11) is 0. The molecule has 1 saturated heterocycles. The van der Waals surface area contributed by atoms with Crippen molar-refractivity contribution in [1.29, 1.82) is 0 Å². The van der Waals surface area contributed by atoms with Gasteiger partial charge in [0, 0.05) is 30.1 Å². The molecule has 0 radical (unpaired) electrons. The van der Waals surface area contributed by atoms with E-state index in [0.717, 1.165) is 48.6 Å². The van der Waals surface area contributed by atoms with Gasteiger partial charge in [0.05, 0.1) is 24.0 Å². The maximum atomic E-state index is 12.9. The van der Waals surface area contributed by atoms with Crippen LogP contribution in [0.2, 0.25) is 0 Å². The first-order chi connectivity index (χ1) is 15.8. The third-order valence-electron chi connectivity index (χ3n) is 6.38. The number of ketones is 1. The second-order valence-corrected chi connectivity index (χ2v) is 8.72. The van der Waals surface area contributed by atoms with Crippen LogP contribution in [-0.2, 0) is 22.6 Å². The molecule has 0 unspecified atom stereocenters. The van der Waals surface area contributed by atoms with E-state index in [9.17, 15) is 9.59 Å². The van der Waals surface area contributed by atoms with Crippen LogP contribution >= 0.6 is 0 Å². The molecule has 33 heavy (non-hydrogen) atoms. The molecule has 2 aromatic heterocycles. The molecule has 1 aromatic carbocycles. The van der Waals surface area contributed by atoms with Gasteiger partial charge < -0.3 is 14.0 Å². The molecule has 7 nitrogen and oxygen atoms in total. The van der Waals surface area contributed by atoms with Crippen LogP contribution in [0, 0.1) is 27.7 Å². The second kappa shape index (κ2) is 9.75. The van der Waals surface area contributed by atoms with Crippen molar-refractivity contribution in [3.05, 3.63) is 75.9 Å². The van der Waals surface area contributed by atoms with Gasteiger partial charge in [0.15, 0.2) is 6.61 Å². The number of carbonyl (C=O) groups is 2. The Morgan fingerprint density at radius 3 is 2.58 bits per heavy atom. The number of hydrogen-bond donors (Lipinski definition) is 0. The molecule has 0 amide bonds. The minimum absolute atomic E-state index is 0.189. The molecule has 0 spiro atoms. The highest BCUT2D eigenvalue weighted by Crippen LogP contribution is 2.21. The van der Waals surface area contributed by atoms with Gasteiger partial charge in [0.25, 0.3) is 0 Å². The molecule has 3 heterocycles. The number of hydrogen-bond acceptors (Lipinski definition) is 5. The molecule has 4 rings (SSSR count). The zero-order valence-corrected chi connectivity index (χ0v) is 19.8. The van der Waals surface area contributed by atoms with Crippen LogP contribution in [0.3, 0.4) is 0 Å². The molecular formula is C26H31N3O4. The second-order valence-electron chi connectivity index (χ2n) is 8.72. The van der Waals surface area contributed by atoms with Gasteiger partial charge in [-0.1, -0.05) is 30.3 Å². The Morgan fingerprint density at radius 1 is 1.12 bits per heavy atom. The minimum atomic E-state index is -0.522. The predicted molar refractivity (Wildman–Crippen MR) is 125 cm³/mol. The van der Waals surface area contributed by atoms with Crippen molar-refractivity contribution in [1.82, 2.24) is 14.3 Å². The smallest absolute Gasteiger partial charge is 0.342 e. The third kappa shape index (κ3) is 4.93. The normalized spacial score (nSPS) is 15.7. The van der Waals surface area contributed by atoms with Crippen molar-refractivity contribution in [2.24, 2.45) is 0 Å². The van der Waals surface area contributed by atoms with E-state index in [1.807, 2.05) is 57.2 Å². The molecule has 3 aromatic rings. The van der Waals surface area contributed by atoms with Gasteiger partial charge in [-0.2, -0.15) is 5.10 Å². The molecule has 1 aliphatic heterocycles. The molecule has 1 aliphatic rings. The standard InChI is InChI=1S/C26H31N3O4/c1-17-13-23(19(3)28(17)15-22-11-8-12-32-22)24(30)16-33-26(31)25-18(2)27-29(20(25)4)14-21-9-6-5-7-10-21/h5-7,9-10,13,22H,8,11-12,14-16H2,1-4H3/t22-/m0/s1. The van der Waals surface area contributed by atoms with Gasteiger partial charge in [0.2, 0.25) is 5.78 Å². The molecule has 0 saturated carbocycles. The van der Waals surface area contributed by atoms with E-state index in [2.05, 4.69) is 9.67 Å². The summed E-state index contributed by atoms with van der Waals surface area (Å²) in [6.45, 7) is 9.35. The fourth-order valence-corrected chi connectivity index (χ4v) is 4.54. The first kappa shape index (κ1) is 23.0. The van der Waals surface area contributed by atoms with Crippen molar-refractivity contribution < 1.29 is 19.1 Å². The minimum Gasteiger partial charge on any atom is -0.454 e. The van der Waals surface area contributed by atoms with Crippen molar-refractivity contribution in [2.45, 2.75) is 59.7 Å². The zero-order chi connectivity index (χ0) is 23.5. The SMILES string of the molecule is Cc1nn(Cc2ccccc2)c(C)c1C(=O)OCC(=O)c1cc(C)n(C[C@@H]2CCCO2)c1C. The van der Waals surface area contributed by atoms with E-state index in [1.54, 1.807) is 11.6 Å². The lowest BCUT2D eigenvalue weighted by atomic mass is 10.1. The lowest BCUT2D eigenvalue weighted by molar-refractivity contribution is 0.0473. The van der Waals surface area contributed by atoms with Crippen molar-refractivity contribution >= 4 is 11.8 Å². The number of aryl methyl sites for hydroxylation is 2. The van der Waals surface area contributed by atoms with Gasteiger partial charge >= 0.3 is 5.97 Å². The number of aromatic nitrogens is 3. The Hall–Kier alpha value is -3.19. The van der Waals surface area contributed by atoms with Gasteiger partial charge in [-0.25, -0.2) is 4.79 Å². The summed E-state index contributed by atoms with van der Waals surface area (Å²) in [5, 5.41) is 4.51. The van der Waals surface area contributed by atoms with Crippen LogP contribution in [0.4, 0.5) is 0 Å². The largest absolute Gasteiger partial charge is 0.454 e. The number of esters is 1. The number of ether oxygens (including phenoxy) is 2. The Kier molecular flexibility index (Phi) is 6.79. The Labute approximate surface area is 194 Å². The van der Waals surface area contributed by atoms with Crippen LogP contribution < -0.4 is 0 Å². The van der Waals surface area contributed by atoms with Gasteiger partial charge in [0.1, 0.15) is 5.56 Å². The van der Waals surface area contributed by atoms with Crippen LogP contribution in [0.1, 0.15) is 61.9 Å². The predicted octanol–water partition coefficient (Wildman–Crippen LogP) is 4.19. The molecule has 0 N–H and O–H groups in total. The Bertz CT molecular complexity index is 1150. The van der Waals surface area contributed by atoms with E-state index in [0.29, 0.717) is 23.4 Å². The quantitative estimate of drug-likeness (QED) is 0.381. The van der Waals surface area contributed by atoms with Crippen LogP contribution in [0.25, 0.3) is 0 Å². The third-order valence-corrected chi connectivity index (χ3v) is 6.38. The summed E-state index contributed by atoms with van der Waals surface area (Å²) < 4.78 is 15.1. The van der Waals surface area contributed by atoms with Gasteiger partial charge in [-0.3, -0.25) is 9.48 Å². The summed E-state index contributed by atoms with van der Waals surface area (Å²) in [5.41, 5.74) is 5.31.